The first-order chi connectivity index (χ1) is 14.0. The molecule has 3 heterocycles. The topological polar surface area (TPSA) is 92.7 Å². The predicted molar refractivity (Wildman–Crippen MR) is 107 cm³/mol. The number of aromatic nitrogens is 7. The summed E-state index contributed by atoms with van der Waals surface area (Å²) in [6.07, 6.45) is 1.90. The highest BCUT2D eigenvalue weighted by molar-refractivity contribution is 5.62. The average Bonchev–Trinajstić information content (AvgIpc) is 3.32. The minimum Gasteiger partial charge on any atom is -0.481 e. The van der Waals surface area contributed by atoms with Gasteiger partial charge in [0.1, 0.15) is 0 Å². The van der Waals surface area contributed by atoms with Crippen molar-refractivity contribution in [3.8, 4) is 22.8 Å². The van der Waals surface area contributed by atoms with Gasteiger partial charge < -0.3 is 4.74 Å². The Kier molecular flexibility index (Phi) is 4.71. The molecule has 3 aromatic heterocycles. The molecule has 1 aromatic carbocycles. The molecule has 0 unspecified atom stereocenters. The van der Waals surface area contributed by atoms with E-state index in [9.17, 15) is 4.79 Å². The lowest BCUT2D eigenvalue weighted by atomic mass is 10.1. The molecule has 9 heteroatoms. The summed E-state index contributed by atoms with van der Waals surface area (Å²) in [7, 11) is 3.18. The first-order valence-electron chi connectivity index (χ1n) is 9.10. The zero-order valence-electron chi connectivity index (χ0n) is 16.7. The number of rotatable bonds is 5. The van der Waals surface area contributed by atoms with E-state index in [2.05, 4.69) is 15.4 Å². The Morgan fingerprint density at radius 2 is 1.90 bits per heavy atom. The second-order valence-corrected chi connectivity index (χ2v) is 6.79. The molecule has 0 saturated heterocycles. The Balaban J connectivity index is 1.66. The maximum Gasteiger partial charge on any atom is 0.363 e. The average molecular weight is 391 g/mol. The summed E-state index contributed by atoms with van der Waals surface area (Å²) >= 11 is 0. The summed E-state index contributed by atoms with van der Waals surface area (Å²) in [6, 6.07) is 11.7. The van der Waals surface area contributed by atoms with Crippen molar-refractivity contribution in [2.75, 3.05) is 7.11 Å². The lowest BCUT2D eigenvalue weighted by Gasteiger charge is -2.09. The first kappa shape index (κ1) is 18.6. The highest BCUT2D eigenvalue weighted by atomic mass is 16.5. The first-order valence-corrected chi connectivity index (χ1v) is 9.10. The molecule has 0 fully saturated rings. The highest BCUT2D eigenvalue weighted by Gasteiger charge is 2.11. The molecule has 148 valence electrons. The molecule has 0 spiro atoms. The van der Waals surface area contributed by atoms with Crippen molar-refractivity contribution in [2.45, 2.75) is 20.4 Å². The van der Waals surface area contributed by atoms with Gasteiger partial charge in [0, 0.05) is 24.9 Å². The molecule has 0 saturated carbocycles. The zero-order valence-corrected chi connectivity index (χ0v) is 16.7. The van der Waals surface area contributed by atoms with Crippen molar-refractivity contribution >= 4 is 0 Å². The molecule has 9 nitrogen and oxygen atoms in total. The number of pyridine rings is 1. The number of tetrazole rings is 1. The molecular weight excluding hydrogens is 370 g/mol. The van der Waals surface area contributed by atoms with E-state index in [1.165, 1.54) is 9.36 Å². The third-order valence-corrected chi connectivity index (χ3v) is 4.83. The highest BCUT2D eigenvalue weighted by Crippen LogP contribution is 2.24. The molecule has 0 aliphatic heterocycles. The maximum absolute atomic E-state index is 12.0. The quantitative estimate of drug-likeness (QED) is 0.516. The van der Waals surface area contributed by atoms with E-state index < -0.39 is 0 Å². The lowest BCUT2D eigenvalue weighted by Crippen LogP contribution is -2.24. The van der Waals surface area contributed by atoms with Gasteiger partial charge in [0.25, 0.3) is 0 Å². The predicted octanol–water partition coefficient (Wildman–Crippen LogP) is 1.90. The Labute approximate surface area is 167 Å². The van der Waals surface area contributed by atoms with E-state index in [-0.39, 0.29) is 5.69 Å². The smallest absolute Gasteiger partial charge is 0.363 e. The Morgan fingerprint density at radius 1 is 1.07 bits per heavy atom. The second kappa shape index (κ2) is 7.34. The van der Waals surface area contributed by atoms with Gasteiger partial charge in [-0.1, -0.05) is 6.07 Å². The molecular formula is C20H21N7O2. The minimum atomic E-state index is -0.251. The van der Waals surface area contributed by atoms with E-state index in [1.54, 1.807) is 18.8 Å². The van der Waals surface area contributed by atoms with Crippen molar-refractivity contribution in [3.05, 3.63) is 69.9 Å². The number of hydrogen-bond acceptors (Lipinski definition) is 6. The molecule has 0 aliphatic rings. The summed E-state index contributed by atoms with van der Waals surface area (Å²) < 4.78 is 9.53. The maximum atomic E-state index is 12.0. The van der Waals surface area contributed by atoms with Gasteiger partial charge in [0.15, 0.2) is 0 Å². The van der Waals surface area contributed by atoms with E-state index in [0.717, 1.165) is 33.8 Å². The van der Waals surface area contributed by atoms with Gasteiger partial charge in [0.05, 0.1) is 30.7 Å². The molecule has 4 aromatic rings. The molecule has 0 bridgehead atoms. The SMILES string of the molecule is COc1ccc(-c2ccn(-c3ccc(C)c(Cn4nnn(C)c4=O)c3)n2)c(C)n1. The van der Waals surface area contributed by atoms with E-state index in [1.807, 2.05) is 56.4 Å². The third kappa shape index (κ3) is 3.54. The van der Waals surface area contributed by atoms with Gasteiger partial charge >= 0.3 is 5.69 Å². The lowest BCUT2D eigenvalue weighted by molar-refractivity contribution is 0.397. The van der Waals surface area contributed by atoms with E-state index >= 15 is 0 Å². The molecule has 0 atom stereocenters. The van der Waals surface area contributed by atoms with Crippen LogP contribution in [0.5, 0.6) is 5.88 Å². The Morgan fingerprint density at radius 3 is 2.59 bits per heavy atom. The minimum absolute atomic E-state index is 0.251. The molecule has 0 N–H and O–H groups in total. The summed E-state index contributed by atoms with van der Waals surface area (Å²) in [5.74, 6) is 0.577. The molecule has 29 heavy (non-hydrogen) atoms. The fraction of sp³-hybridized carbons (Fsp3) is 0.250. The van der Waals surface area contributed by atoms with Crippen molar-refractivity contribution < 1.29 is 4.74 Å². The molecule has 4 rings (SSSR count). The van der Waals surface area contributed by atoms with Crippen LogP contribution in [0.3, 0.4) is 0 Å². The Hall–Kier alpha value is -3.75. The van der Waals surface area contributed by atoms with Gasteiger partial charge in [-0.05, 0) is 59.7 Å². The van der Waals surface area contributed by atoms with Crippen LogP contribution in [0.4, 0.5) is 0 Å². The van der Waals surface area contributed by atoms with Crippen molar-refractivity contribution in [3.63, 3.8) is 0 Å². The number of benzene rings is 1. The van der Waals surface area contributed by atoms with Crippen LogP contribution in [0.25, 0.3) is 16.9 Å². The number of nitrogens with zero attached hydrogens (tertiary/aromatic N) is 7. The van der Waals surface area contributed by atoms with Gasteiger partial charge in [-0.2, -0.15) is 14.5 Å². The fourth-order valence-corrected chi connectivity index (χ4v) is 3.12. The number of aryl methyl sites for hydroxylation is 3. The van der Waals surface area contributed by atoms with Crippen LogP contribution in [-0.4, -0.2) is 41.7 Å². The van der Waals surface area contributed by atoms with Crippen molar-refractivity contribution in [2.24, 2.45) is 7.05 Å². The summed E-state index contributed by atoms with van der Waals surface area (Å²) in [6.45, 7) is 4.28. The van der Waals surface area contributed by atoms with E-state index in [4.69, 9.17) is 9.84 Å². The van der Waals surface area contributed by atoms with Gasteiger partial charge in [-0.15, -0.1) is 0 Å². The van der Waals surface area contributed by atoms with Crippen LogP contribution in [0.1, 0.15) is 16.8 Å². The van der Waals surface area contributed by atoms with Crippen LogP contribution in [0.2, 0.25) is 0 Å². The standard InChI is InChI=1S/C20H21N7O2/c1-13-5-6-16(11-15(13)12-27-20(28)25(3)23-24-27)26-10-9-18(22-26)17-7-8-19(29-4)21-14(17)2/h5-11H,12H2,1-4H3. The number of methoxy groups -OCH3 is 1. The molecule has 0 amide bonds. The summed E-state index contributed by atoms with van der Waals surface area (Å²) in [5.41, 5.74) is 5.30. The zero-order chi connectivity index (χ0) is 20.5. The molecule has 0 aliphatic carbocycles. The Bertz CT molecular complexity index is 1240. The molecule has 0 radical (unpaired) electrons. The van der Waals surface area contributed by atoms with Gasteiger partial charge in [-0.25, -0.2) is 14.5 Å². The van der Waals surface area contributed by atoms with Crippen LogP contribution in [-0.2, 0) is 13.6 Å². The summed E-state index contributed by atoms with van der Waals surface area (Å²) in [5, 5.41) is 12.4. The monoisotopic (exact) mass is 391 g/mol. The number of ether oxygens (including phenoxy) is 1. The normalized spacial score (nSPS) is 11.0. The van der Waals surface area contributed by atoms with Crippen LogP contribution in [0, 0.1) is 13.8 Å². The largest absolute Gasteiger partial charge is 0.481 e. The van der Waals surface area contributed by atoms with Gasteiger partial charge in [0.2, 0.25) is 5.88 Å². The fourth-order valence-electron chi connectivity index (χ4n) is 3.12. The second-order valence-electron chi connectivity index (χ2n) is 6.79. The van der Waals surface area contributed by atoms with Crippen molar-refractivity contribution in [1.29, 1.82) is 0 Å². The third-order valence-electron chi connectivity index (χ3n) is 4.83. The van der Waals surface area contributed by atoms with E-state index in [0.29, 0.717) is 12.4 Å². The van der Waals surface area contributed by atoms with Crippen molar-refractivity contribution in [1.82, 2.24) is 34.6 Å². The summed E-state index contributed by atoms with van der Waals surface area (Å²) in [4.78, 5) is 16.5. The van der Waals surface area contributed by atoms with Crippen LogP contribution < -0.4 is 10.4 Å². The van der Waals surface area contributed by atoms with Crippen LogP contribution >= 0.6 is 0 Å². The number of hydrogen-bond donors (Lipinski definition) is 0. The van der Waals surface area contributed by atoms with Crippen LogP contribution in [0.15, 0.2) is 47.4 Å². The van der Waals surface area contributed by atoms with Gasteiger partial charge in [-0.3, -0.25) is 0 Å².